The Kier molecular flexibility index (Phi) is 2.54. The van der Waals surface area contributed by atoms with E-state index < -0.39 is 11.7 Å². The number of hydrogen-bond donors (Lipinski definition) is 0. The number of alkyl halides is 3. The van der Waals surface area contributed by atoms with Gasteiger partial charge in [-0.3, -0.25) is 0 Å². The molecule has 0 spiro atoms. The van der Waals surface area contributed by atoms with Gasteiger partial charge >= 0.3 is 6.18 Å². The molecule has 1 nitrogen and oxygen atoms in total. The van der Waals surface area contributed by atoms with Crippen molar-refractivity contribution in [2.45, 2.75) is 13.1 Å². The fourth-order valence-electron chi connectivity index (χ4n) is 1.58. The summed E-state index contributed by atoms with van der Waals surface area (Å²) in [5.41, 5.74) is 0.282. The van der Waals surface area contributed by atoms with E-state index in [2.05, 4.69) is 4.98 Å². The summed E-state index contributed by atoms with van der Waals surface area (Å²) in [4.78, 5) is 3.91. The number of hydrogen-bond acceptors (Lipinski definition) is 1. The second-order valence-electron chi connectivity index (χ2n) is 3.46. The molecule has 0 bridgehead atoms. The van der Waals surface area contributed by atoms with E-state index in [1.165, 1.54) is 18.2 Å². The first-order chi connectivity index (χ1) is 7.39. The highest BCUT2D eigenvalue weighted by Gasteiger charge is 2.32. The lowest BCUT2D eigenvalue weighted by Gasteiger charge is -2.11. The molecule has 1 heterocycles. The van der Waals surface area contributed by atoms with Crippen LogP contribution < -0.4 is 0 Å². The quantitative estimate of drug-likeness (QED) is 0.634. The summed E-state index contributed by atoms with van der Waals surface area (Å²) in [6, 6.07) is 5.17. The van der Waals surface area contributed by atoms with Crippen LogP contribution in [0.4, 0.5) is 13.2 Å². The van der Waals surface area contributed by atoms with E-state index in [9.17, 15) is 13.2 Å². The Bertz CT molecular complexity index is 549. The van der Waals surface area contributed by atoms with Gasteiger partial charge in [0.15, 0.2) is 0 Å². The van der Waals surface area contributed by atoms with Crippen molar-refractivity contribution in [1.82, 2.24) is 4.98 Å². The van der Waals surface area contributed by atoms with Crippen LogP contribution in [-0.2, 0) is 6.18 Å². The van der Waals surface area contributed by atoms with Crippen LogP contribution >= 0.6 is 11.6 Å². The first-order valence-corrected chi connectivity index (χ1v) is 4.90. The number of aromatic nitrogens is 1. The van der Waals surface area contributed by atoms with Gasteiger partial charge in [0.2, 0.25) is 0 Å². The summed E-state index contributed by atoms with van der Waals surface area (Å²) in [5, 5.41) is 0.270. The van der Waals surface area contributed by atoms with Crippen LogP contribution in [0, 0.1) is 6.92 Å². The molecule has 0 aliphatic heterocycles. The number of pyridine rings is 1. The van der Waals surface area contributed by atoms with Crippen LogP contribution in [0.5, 0.6) is 0 Å². The average molecular weight is 246 g/mol. The molecule has 2 rings (SSSR count). The van der Waals surface area contributed by atoms with E-state index in [0.717, 1.165) is 6.07 Å². The van der Waals surface area contributed by atoms with Crippen LogP contribution in [0.3, 0.4) is 0 Å². The van der Waals surface area contributed by atoms with Crippen molar-refractivity contribution in [2.24, 2.45) is 0 Å². The minimum absolute atomic E-state index is 0.0805. The number of benzene rings is 1. The highest BCUT2D eigenvalue weighted by atomic mass is 35.5. The third kappa shape index (κ3) is 1.85. The highest BCUT2D eigenvalue weighted by Crippen LogP contribution is 2.35. The van der Waals surface area contributed by atoms with E-state index in [-0.39, 0.29) is 10.5 Å². The molecule has 0 atom stereocenters. The van der Waals surface area contributed by atoms with Gasteiger partial charge in [-0.1, -0.05) is 17.7 Å². The van der Waals surface area contributed by atoms with Crippen LogP contribution in [0.25, 0.3) is 10.9 Å². The average Bonchev–Trinajstić information content (AvgIpc) is 2.17. The Morgan fingerprint density at radius 2 is 1.81 bits per heavy atom. The van der Waals surface area contributed by atoms with Gasteiger partial charge in [-0.25, -0.2) is 4.98 Å². The van der Waals surface area contributed by atoms with Gasteiger partial charge in [-0.05, 0) is 30.7 Å². The number of aryl methyl sites for hydroxylation is 1. The summed E-state index contributed by atoms with van der Waals surface area (Å²) >= 11 is 5.66. The number of rotatable bonds is 0. The van der Waals surface area contributed by atoms with Gasteiger partial charge in [-0.15, -0.1) is 0 Å². The zero-order valence-corrected chi connectivity index (χ0v) is 9.02. The second kappa shape index (κ2) is 3.63. The van der Waals surface area contributed by atoms with Crippen molar-refractivity contribution < 1.29 is 13.2 Å². The van der Waals surface area contributed by atoms with E-state index in [1.807, 2.05) is 0 Å². The summed E-state index contributed by atoms with van der Waals surface area (Å²) in [6.45, 7) is 1.70. The van der Waals surface area contributed by atoms with E-state index >= 15 is 0 Å². The van der Waals surface area contributed by atoms with Crippen molar-refractivity contribution in [3.63, 3.8) is 0 Å². The molecule has 0 unspecified atom stereocenters. The zero-order valence-electron chi connectivity index (χ0n) is 8.27. The van der Waals surface area contributed by atoms with E-state index in [0.29, 0.717) is 11.1 Å². The third-order valence-electron chi connectivity index (χ3n) is 2.33. The molecular weight excluding hydrogens is 239 g/mol. The van der Waals surface area contributed by atoms with Gasteiger partial charge in [0, 0.05) is 5.39 Å². The monoisotopic (exact) mass is 245 g/mol. The van der Waals surface area contributed by atoms with Crippen molar-refractivity contribution in [3.8, 4) is 0 Å². The van der Waals surface area contributed by atoms with Gasteiger partial charge in [0.05, 0.1) is 11.1 Å². The molecule has 16 heavy (non-hydrogen) atoms. The molecule has 0 fully saturated rings. The summed E-state index contributed by atoms with van der Waals surface area (Å²) in [5.74, 6) is 0. The molecular formula is C11H7ClF3N. The number of nitrogens with zero attached hydrogens (tertiary/aromatic N) is 1. The number of halogens is 4. The Morgan fingerprint density at radius 1 is 1.12 bits per heavy atom. The third-order valence-corrected chi connectivity index (χ3v) is 2.54. The first-order valence-electron chi connectivity index (χ1n) is 4.52. The van der Waals surface area contributed by atoms with Gasteiger partial charge in [-0.2, -0.15) is 13.2 Å². The molecule has 0 aliphatic rings. The smallest absolute Gasteiger partial charge is 0.236 e. The Morgan fingerprint density at radius 3 is 2.44 bits per heavy atom. The molecule has 5 heteroatoms. The largest absolute Gasteiger partial charge is 0.417 e. The molecule has 0 saturated carbocycles. The summed E-state index contributed by atoms with van der Waals surface area (Å²) in [6.07, 6.45) is -4.37. The Hall–Kier alpha value is -1.29. The SMILES string of the molecule is Cc1ccc(C(F)(F)F)c2ccc(Cl)nc12. The Labute approximate surface area is 94.9 Å². The predicted octanol–water partition coefficient (Wildman–Crippen LogP) is 4.22. The molecule has 0 aliphatic carbocycles. The highest BCUT2D eigenvalue weighted by molar-refractivity contribution is 6.29. The van der Waals surface area contributed by atoms with E-state index in [4.69, 9.17) is 11.6 Å². The first kappa shape index (κ1) is 11.2. The maximum Gasteiger partial charge on any atom is 0.417 e. The van der Waals surface area contributed by atoms with Crippen LogP contribution in [0.2, 0.25) is 5.15 Å². The molecule has 0 radical (unpaired) electrons. The number of fused-ring (bicyclic) bond motifs is 1. The van der Waals surface area contributed by atoms with Crippen molar-refractivity contribution in [1.29, 1.82) is 0 Å². The molecule has 2 aromatic rings. The van der Waals surface area contributed by atoms with Gasteiger partial charge < -0.3 is 0 Å². The molecule has 0 amide bonds. The summed E-state index contributed by atoms with van der Waals surface area (Å²) < 4.78 is 38.1. The van der Waals surface area contributed by atoms with Crippen LogP contribution in [-0.4, -0.2) is 4.98 Å². The van der Waals surface area contributed by atoms with Crippen molar-refractivity contribution in [3.05, 3.63) is 40.5 Å². The normalized spacial score (nSPS) is 12.1. The molecule has 1 aromatic heterocycles. The zero-order chi connectivity index (χ0) is 11.9. The molecule has 0 N–H and O–H groups in total. The maximum absolute atomic E-state index is 12.7. The minimum Gasteiger partial charge on any atom is -0.236 e. The van der Waals surface area contributed by atoms with Crippen LogP contribution in [0.1, 0.15) is 11.1 Å². The van der Waals surface area contributed by atoms with Crippen molar-refractivity contribution in [2.75, 3.05) is 0 Å². The molecule has 0 saturated heterocycles. The molecule has 84 valence electrons. The Balaban J connectivity index is 2.85. The molecule has 1 aromatic carbocycles. The second-order valence-corrected chi connectivity index (χ2v) is 3.85. The topological polar surface area (TPSA) is 12.9 Å². The maximum atomic E-state index is 12.7. The lowest BCUT2D eigenvalue weighted by Crippen LogP contribution is -2.06. The van der Waals surface area contributed by atoms with Gasteiger partial charge in [0.1, 0.15) is 5.15 Å². The fraction of sp³-hybridized carbons (Fsp3) is 0.182. The fourth-order valence-corrected chi connectivity index (χ4v) is 1.73. The van der Waals surface area contributed by atoms with E-state index in [1.54, 1.807) is 6.92 Å². The standard InChI is InChI=1S/C11H7ClF3N/c1-6-2-4-8(11(13,14)15)7-3-5-9(12)16-10(6)7/h2-5H,1H3. The van der Waals surface area contributed by atoms with Gasteiger partial charge in [0.25, 0.3) is 0 Å². The summed E-state index contributed by atoms with van der Waals surface area (Å²) in [7, 11) is 0. The lowest BCUT2D eigenvalue weighted by atomic mass is 10.0. The predicted molar refractivity (Wildman–Crippen MR) is 56.5 cm³/mol. The minimum atomic E-state index is -4.37. The van der Waals surface area contributed by atoms with Crippen LogP contribution in [0.15, 0.2) is 24.3 Å². The van der Waals surface area contributed by atoms with Crippen molar-refractivity contribution >= 4 is 22.5 Å². The lowest BCUT2D eigenvalue weighted by molar-refractivity contribution is -0.136.